The molecule has 0 aliphatic rings. The molecule has 0 aliphatic carbocycles. The summed E-state index contributed by atoms with van der Waals surface area (Å²) in [6.45, 7) is 0. The summed E-state index contributed by atoms with van der Waals surface area (Å²) in [4.78, 5) is 9.90. The Bertz CT molecular complexity index is 193. The molecule has 4 heteroatoms. The van der Waals surface area contributed by atoms with E-state index < -0.39 is 5.97 Å². The number of carbonyl (C=O) groups is 1. The molecule has 0 saturated carbocycles. The van der Waals surface area contributed by atoms with Gasteiger partial charge in [-0.25, -0.2) is 0 Å². The van der Waals surface area contributed by atoms with E-state index in [1.807, 2.05) is 0 Å². The van der Waals surface area contributed by atoms with Crippen LogP contribution in [0, 0.1) is 0 Å². The summed E-state index contributed by atoms with van der Waals surface area (Å²) in [7, 11) is 0. The van der Waals surface area contributed by atoms with E-state index in [2.05, 4.69) is 0 Å². The number of carboxylic acids is 1. The van der Waals surface area contributed by atoms with Crippen LogP contribution in [0.1, 0.15) is 5.76 Å². The Morgan fingerprint density at radius 1 is 1.70 bits per heavy atom. The fourth-order valence-corrected chi connectivity index (χ4v) is 0.555. The Balaban J connectivity index is 0.000000810. The SMILES string of the molecule is O=C([O-])Cc1ccco1.[Na+]. The molecule has 1 rings (SSSR count). The Morgan fingerprint density at radius 2 is 2.40 bits per heavy atom. The third kappa shape index (κ3) is 3.06. The number of furan rings is 1. The summed E-state index contributed by atoms with van der Waals surface area (Å²) in [5.74, 6) is -0.694. The second-order valence-electron chi connectivity index (χ2n) is 1.63. The fourth-order valence-electron chi connectivity index (χ4n) is 0.555. The van der Waals surface area contributed by atoms with Crippen LogP contribution >= 0.6 is 0 Å². The number of hydrogen-bond donors (Lipinski definition) is 0. The molecule has 3 nitrogen and oxygen atoms in total. The molecule has 0 spiro atoms. The van der Waals surface area contributed by atoms with Gasteiger partial charge in [0.1, 0.15) is 5.76 Å². The average molecular weight is 148 g/mol. The first kappa shape index (κ1) is 9.75. The van der Waals surface area contributed by atoms with Crippen LogP contribution < -0.4 is 34.7 Å². The third-order valence-corrected chi connectivity index (χ3v) is 0.899. The van der Waals surface area contributed by atoms with Crippen molar-refractivity contribution in [2.24, 2.45) is 0 Å². The first-order valence-electron chi connectivity index (χ1n) is 2.51. The molecule has 0 saturated heterocycles. The van der Waals surface area contributed by atoms with Crippen LogP contribution in [-0.2, 0) is 11.2 Å². The van der Waals surface area contributed by atoms with Crippen molar-refractivity contribution in [3.8, 4) is 0 Å². The third-order valence-electron chi connectivity index (χ3n) is 0.899. The largest absolute Gasteiger partial charge is 1.00 e. The van der Waals surface area contributed by atoms with Crippen LogP contribution in [0.5, 0.6) is 0 Å². The maximum Gasteiger partial charge on any atom is 1.00 e. The van der Waals surface area contributed by atoms with Crippen molar-refractivity contribution < 1.29 is 43.9 Å². The second-order valence-corrected chi connectivity index (χ2v) is 1.63. The monoisotopic (exact) mass is 148 g/mol. The molecular formula is C6H5NaO3. The van der Waals surface area contributed by atoms with Crippen molar-refractivity contribution in [3.63, 3.8) is 0 Å². The molecular weight excluding hydrogens is 143 g/mol. The van der Waals surface area contributed by atoms with Gasteiger partial charge in [0.25, 0.3) is 0 Å². The van der Waals surface area contributed by atoms with Crippen LogP contribution in [0.4, 0.5) is 0 Å². The molecule has 0 aromatic carbocycles. The van der Waals surface area contributed by atoms with Gasteiger partial charge in [-0.15, -0.1) is 0 Å². The average Bonchev–Trinajstić information content (AvgIpc) is 2.15. The van der Waals surface area contributed by atoms with Crippen LogP contribution in [0.15, 0.2) is 22.8 Å². The second kappa shape index (κ2) is 4.55. The molecule has 0 radical (unpaired) electrons. The Hall–Kier alpha value is -0.250. The Morgan fingerprint density at radius 3 is 2.80 bits per heavy atom. The summed E-state index contributed by atoms with van der Waals surface area (Å²) >= 11 is 0. The van der Waals surface area contributed by atoms with Crippen molar-refractivity contribution in [2.75, 3.05) is 0 Å². The molecule has 0 bridgehead atoms. The first-order valence-corrected chi connectivity index (χ1v) is 2.51. The van der Waals surface area contributed by atoms with Crippen molar-refractivity contribution in [2.45, 2.75) is 6.42 Å². The number of carboxylic acid groups (broad SMARTS) is 1. The molecule has 10 heavy (non-hydrogen) atoms. The van der Waals surface area contributed by atoms with Gasteiger partial charge in [0.05, 0.1) is 6.26 Å². The van der Waals surface area contributed by atoms with Crippen LogP contribution in [0.3, 0.4) is 0 Å². The van der Waals surface area contributed by atoms with Crippen LogP contribution in [0.25, 0.3) is 0 Å². The number of rotatable bonds is 2. The normalized spacial score (nSPS) is 8.40. The molecule has 48 valence electrons. The number of aliphatic carboxylic acids is 1. The van der Waals surface area contributed by atoms with Gasteiger partial charge >= 0.3 is 29.6 Å². The van der Waals surface area contributed by atoms with Crippen molar-refractivity contribution >= 4 is 5.97 Å². The molecule has 0 unspecified atom stereocenters. The maximum absolute atomic E-state index is 9.90. The fraction of sp³-hybridized carbons (Fsp3) is 0.167. The van der Waals surface area contributed by atoms with Crippen molar-refractivity contribution in [3.05, 3.63) is 24.2 Å². The van der Waals surface area contributed by atoms with Gasteiger partial charge in [-0.2, -0.15) is 0 Å². The standard InChI is InChI=1S/C6H6O3.Na/c7-6(8)4-5-2-1-3-9-5;/h1-3H,4H2,(H,7,8);/q;+1/p-1. The Kier molecular flexibility index (Phi) is 4.43. The van der Waals surface area contributed by atoms with Gasteiger partial charge < -0.3 is 14.3 Å². The van der Waals surface area contributed by atoms with E-state index >= 15 is 0 Å². The van der Waals surface area contributed by atoms with Gasteiger partial charge in [-0.3, -0.25) is 0 Å². The number of hydrogen-bond acceptors (Lipinski definition) is 3. The smallest absolute Gasteiger partial charge is 0.550 e. The van der Waals surface area contributed by atoms with Gasteiger partial charge in [0.2, 0.25) is 0 Å². The molecule has 0 amide bonds. The van der Waals surface area contributed by atoms with Gasteiger partial charge in [-0.05, 0) is 12.1 Å². The van der Waals surface area contributed by atoms with Gasteiger partial charge in [0.15, 0.2) is 0 Å². The molecule has 0 aliphatic heterocycles. The zero-order valence-corrected chi connectivity index (χ0v) is 7.66. The zero-order chi connectivity index (χ0) is 6.69. The van der Waals surface area contributed by atoms with E-state index in [0.29, 0.717) is 5.76 Å². The van der Waals surface area contributed by atoms with Gasteiger partial charge in [-0.1, -0.05) is 0 Å². The predicted octanol–water partition coefficient (Wildman–Crippen LogP) is -3.42. The molecule has 0 fully saturated rings. The summed E-state index contributed by atoms with van der Waals surface area (Å²) in [6, 6.07) is 3.23. The van der Waals surface area contributed by atoms with E-state index in [1.165, 1.54) is 6.26 Å². The first-order chi connectivity index (χ1) is 4.29. The molecule has 1 aromatic heterocycles. The summed E-state index contributed by atoms with van der Waals surface area (Å²) in [5.41, 5.74) is 0. The van der Waals surface area contributed by atoms with Crippen molar-refractivity contribution in [1.29, 1.82) is 0 Å². The minimum Gasteiger partial charge on any atom is -0.550 e. The van der Waals surface area contributed by atoms with Gasteiger partial charge in [0, 0.05) is 12.4 Å². The minimum atomic E-state index is -1.12. The topological polar surface area (TPSA) is 53.3 Å². The molecule has 0 atom stereocenters. The molecule has 0 N–H and O–H groups in total. The summed E-state index contributed by atoms with van der Waals surface area (Å²) in [5, 5.41) is 9.90. The molecule has 1 heterocycles. The summed E-state index contributed by atoms with van der Waals surface area (Å²) in [6.07, 6.45) is 1.28. The maximum atomic E-state index is 9.90. The summed E-state index contributed by atoms with van der Waals surface area (Å²) < 4.78 is 4.72. The van der Waals surface area contributed by atoms with E-state index in [1.54, 1.807) is 12.1 Å². The minimum absolute atomic E-state index is 0. The number of carbonyl (C=O) groups excluding carboxylic acids is 1. The molecule has 1 aromatic rings. The van der Waals surface area contributed by atoms with E-state index in [9.17, 15) is 9.90 Å². The Labute approximate surface area is 80.3 Å². The van der Waals surface area contributed by atoms with E-state index in [0.717, 1.165) is 0 Å². The predicted molar refractivity (Wildman–Crippen MR) is 27.4 cm³/mol. The zero-order valence-electron chi connectivity index (χ0n) is 5.66. The van der Waals surface area contributed by atoms with E-state index in [-0.39, 0.29) is 36.0 Å². The van der Waals surface area contributed by atoms with Crippen LogP contribution in [0.2, 0.25) is 0 Å². The quantitative estimate of drug-likeness (QED) is 0.410. The van der Waals surface area contributed by atoms with E-state index in [4.69, 9.17) is 4.42 Å². The van der Waals surface area contributed by atoms with Crippen LogP contribution in [-0.4, -0.2) is 5.97 Å². The van der Waals surface area contributed by atoms with Crippen molar-refractivity contribution in [1.82, 2.24) is 0 Å².